The van der Waals surface area contributed by atoms with Gasteiger partial charge in [-0.1, -0.05) is 40.0 Å². The van der Waals surface area contributed by atoms with Crippen LogP contribution in [0, 0.1) is 17.3 Å². The van der Waals surface area contributed by atoms with Crippen molar-refractivity contribution >= 4 is 17.5 Å². The Morgan fingerprint density at radius 2 is 1.69 bits per heavy atom. The van der Waals surface area contributed by atoms with Gasteiger partial charge in [0, 0.05) is 17.8 Å². The summed E-state index contributed by atoms with van der Waals surface area (Å²) in [6.07, 6.45) is 4.25. The quantitative estimate of drug-likeness (QED) is 0.546. The first-order valence-electron chi connectivity index (χ1n) is 9.88. The SMILES string of the molecule is CC(C)C(=O)[C@H](CCN)NC(=O)[C@@H](CC(=O)C1(C)CCCCC1)C(C)O. The molecule has 6 heteroatoms. The smallest absolute Gasteiger partial charge is 0.226 e. The molecular weight excluding hydrogens is 332 g/mol. The maximum absolute atomic E-state index is 12.8. The van der Waals surface area contributed by atoms with Gasteiger partial charge in [0.1, 0.15) is 5.78 Å². The molecule has 0 aliphatic heterocycles. The van der Waals surface area contributed by atoms with Crippen LogP contribution in [0.15, 0.2) is 0 Å². The summed E-state index contributed by atoms with van der Waals surface area (Å²) >= 11 is 0. The fourth-order valence-electron chi connectivity index (χ4n) is 3.67. The standard InChI is InChI=1S/C20H36N2O4/c1-13(2)18(25)16(8-11-21)22-19(26)15(14(3)23)12-17(24)20(4)9-6-5-7-10-20/h13-16,23H,5-12,21H2,1-4H3,(H,22,26)/t14?,15-,16-/m0/s1. The van der Waals surface area contributed by atoms with Gasteiger partial charge in [0.2, 0.25) is 5.91 Å². The number of aliphatic hydroxyl groups is 1. The van der Waals surface area contributed by atoms with Crippen molar-refractivity contribution in [3.8, 4) is 0 Å². The third kappa shape index (κ3) is 6.16. The fraction of sp³-hybridized carbons (Fsp3) is 0.850. The average Bonchev–Trinajstić information content (AvgIpc) is 2.58. The number of aliphatic hydroxyl groups excluding tert-OH is 1. The summed E-state index contributed by atoms with van der Waals surface area (Å²) in [5, 5.41) is 12.8. The molecule has 0 aromatic carbocycles. The lowest BCUT2D eigenvalue weighted by Crippen LogP contribution is -2.49. The van der Waals surface area contributed by atoms with Crippen LogP contribution >= 0.6 is 0 Å². The number of nitrogens with one attached hydrogen (secondary N) is 1. The molecular formula is C20H36N2O4. The molecule has 1 amide bonds. The summed E-state index contributed by atoms with van der Waals surface area (Å²) in [4.78, 5) is 37.8. The highest BCUT2D eigenvalue weighted by atomic mass is 16.3. The monoisotopic (exact) mass is 368 g/mol. The van der Waals surface area contributed by atoms with E-state index in [9.17, 15) is 19.5 Å². The van der Waals surface area contributed by atoms with Crippen LogP contribution in [0.4, 0.5) is 0 Å². The van der Waals surface area contributed by atoms with Crippen LogP contribution in [-0.4, -0.2) is 41.3 Å². The van der Waals surface area contributed by atoms with Gasteiger partial charge in [0.25, 0.3) is 0 Å². The molecule has 0 spiro atoms. The lowest BCUT2D eigenvalue weighted by Gasteiger charge is -2.33. The second-order valence-electron chi connectivity index (χ2n) is 8.29. The van der Waals surface area contributed by atoms with Crippen LogP contribution in [0.25, 0.3) is 0 Å². The van der Waals surface area contributed by atoms with Gasteiger partial charge in [0.15, 0.2) is 5.78 Å². The molecule has 1 fully saturated rings. The van der Waals surface area contributed by atoms with Crippen LogP contribution < -0.4 is 11.1 Å². The predicted molar refractivity (Wildman–Crippen MR) is 101 cm³/mol. The Labute approximate surface area is 157 Å². The molecule has 0 radical (unpaired) electrons. The molecule has 150 valence electrons. The summed E-state index contributed by atoms with van der Waals surface area (Å²) in [5.41, 5.74) is 5.16. The first kappa shape index (κ1) is 22.8. The van der Waals surface area contributed by atoms with Crippen molar-refractivity contribution < 1.29 is 19.5 Å². The van der Waals surface area contributed by atoms with E-state index in [4.69, 9.17) is 5.73 Å². The second kappa shape index (κ2) is 10.2. The number of carbonyl (C=O) groups excluding carboxylic acids is 3. The average molecular weight is 369 g/mol. The minimum Gasteiger partial charge on any atom is -0.393 e. The van der Waals surface area contributed by atoms with E-state index in [1.807, 2.05) is 6.92 Å². The van der Waals surface area contributed by atoms with Crippen molar-refractivity contribution in [1.29, 1.82) is 0 Å². The van der Waals surface area contributed by atoms with Gasteiger partial charge in [-0.3, -0.25) is 14.4 Å². The predicted octanol–water partition coefficient (Wildman–Crippen LogP) is 1.97. The van der Waals surface area contributed by atoms with Crippen molar-refractivity contribution in [1.82, 2.24) is 5.32 Å². The first-order valence-corrected chi connectivity index (χ1v) is 9.88. The highest BCUT2D eigenvalue weighted by molar-refractivity contribution is 5.93. The number of ketones is 2. The normalized spacial score (nSPS) is 20.3. The molecule has 0 aromatic heterocycles. The van der Waals surface area contributed by atoms with E-state index < -0.39 is 29.4 Å². The van der Waals surface area contributed by atoms with Crippen molar-refractivity contribution in [2.75, 3.05) is 6.54 Å². The number of hydrogen-bond donors (Lipinski definition) is 3. The minimum atomic E-state index is -0.959. The van der Waals surface area contributed by atoms with E-state index in [0.29, 0.717) is 6.42 Å². The van der Waals surface area contributed by atoms with Gasteiger partial charge in [0.05, 0.1) is 18.1 Å². The molecule has 1 saturated carbocycles. The number of rotatable bonds is 10. The van der Waals surface area contributed by atoms with E-state index >= 15 is 0 Å². The topological polar surface area (TPSA) is 109 Å². The molecule has 1 aliphatic carbocycles. The number of hydrogen-bond acceptors (Lipinski definition) is 5. The first-order chi connectivity index (χ1) is 12.1. The zero-order valence-electron chi connectivity index (χ0n) is 16.7. The second-order valence-corrected chi connectivity index (χ2v) is 8.29. The Morgan fingerprint density at radius 1 is 1.12 bits per heavy atom. The van der Waals surface area contributed by atoms with E-state index in [0.717, 1.165) is 32.1 Å². The molecule has 1 unspecified atom stereocenters. The summed E-state index contributed by atoms with van der Waals surface area (Å²) in [7, 11) is 0. The highest BCUT2D eigenvalue weighted by Gasteiger charge is 2.38. The Balaban J connectivity index is 2.82. The number of nitrogens with two attached hydrogens (primary N) is 1. The van der Waals surface area contributed by atoms with Gasteiger partial charge in [-0.25, -0.2) is 0 Å². The van der Waals surface area contributed by atoms with Crippen LogP contribution in [0.1, 0.15) is 72.6 Å². The van der Waals surface area contributed by atoms with Gasteiger partial charge < -0.3 is 16.2 Å². The van der Waals surface area contributed by atoms with Crippen molar-refractivity contribution in [2.45, 2.75) is 84.8 Å². The third-order valence-electron chi connectivity index (χ3n) is 5.64. The van der Waals surface area contributed by atoms with E-state index in [1.165, 1.54) is 6.92 Å². The molecule has 0 heterocycles. The van der Waals surface area contributed by atoms with Crippen LogP contribution in [0.2, 0.25) is 0 Å². The molecule has 1 rings (SSSR count). The summed E-state index contributed by atoms with van der Waals surface area (Å²) in [5.74, 6) is -1.57. The Bertz CT molecular complexity index is 496. The van der Waals surface area contributed by atoms with Crippen molar-refractivity contribution in [2.24, 2.45) is 23.0 Å². The maximum atomic E-state index is 12.8. The summed E-state index contributed by atoms with van der Waals surface area (Å²) in [6.45, 7) is 7.31. The molecule has 3 atom stereocenters. The van der Waals surface area contributed by atoms with E-state index in [1.54, 1.807) is 13.8 Å². The van der Waals surface area contributed by atoms with Crippen LogP contribution in [0.3, 0.4) is 0 Å². The minimum absolute atomic E-state index is 0.00517. The highest BCUT2D eigenvalue weighted by Crippen LogP contribution is 2.38. The lowest BCUT2D eigenvalue weighted by molar-refractivity contribution is -0.139. The van der Waals surface area contributed by atoms with Crippen molar-refractivity contribution in [3.05, 3.63) is 0 Å². The van der Waals surface area contributed by atoms with Gasteiger partial charge >= 0.3 is 0 Å². The Morgan fingerprint density at radius 3 is 2.15 bits per heavy atom. The molecule has 26 heavy (non-hydrogen) atoms. The van der Waals surface area contributed by atoms with Crippen LogP contribution in [-0.2, 0) is 14.4 Å². The number of Topliss-reactive ketones (excluding diaryl/α,β-unsaturated/α-hetero) is 2. The van der Waals surface area contributed by atoms with E-state index in [-0.39, 0.29) is 30.4 Å². The largest absolute Gasteiger partial charge is 0.393 e. The van der Waals surface area contributed by atoms with Gasteiger partial charge in [-0.2, -0.15) is 0 Å². The maximum Gasteiger partial charge on any atom is 0.226 e. The lowest BCUT2D eigenvalue weighted by atomic mass is 9.70. The number of amides is 1. The summed E-state index contributed by atoms with van der Waals surface area (Å²) < 4.78 is 0. The van der Waals surface area contributed by atoms with Gasteiger partial charge in [-0.05, 0) is 32.7 Å². The van der Waals surface area contributed by atoms with Crippen molar-refractivity contribution in [3.63, 3.8) is 0 Å². The molecule has 0 saturated heterocycles. The van der Waals surface area contributed by atoms with Crippen LogP contribution in [0.5, 0.6) is 0 Å². The zero-order valence-corrected chi connectivity index (χ0v) is 16.7. The van der Waals surface area contributed by atoms with E-state index in [2.05, 4.69) is 5.32 Å². The fourth-order valence-corrected chi connectivity index (χ4v) is 3.67. The third-order valence-corrected chi connectivity index (χ3v) is 5.64. The number of carbonyl (C=O) groups is 3. The molecule has 0 bridgehead atoms. The molecule has 1 aliphatic rings. The molecule has 4 N–H and O–H groups in total. The zero-order chi connectivity index (χ0) is 19.9. The Kier molecular flexibility index (Phi) is 8.90. The summed E-state index contributed by atoms with van der Waals surface area (Å²) in [6, 6.07) is -0.672. The Hall–Kier alpha value is -1.27. The molecule has 6 nitrogen and oxygen atoms in total. The molecule has 0 aromatic rings. The van der Waals surface area contributed by atoms with Gasteiger partial charge in [-0.15, -0.1) is 0 Å².